The monoisotopic (exact) mass is 301 g/mol. The third-order valence-electron chi connectivity index (χ3n) is 3.26. The Kier molecular flexibility index (Phi) is 4.93. The van der Waals surface area contributed by atoms with Gasteiger partial charge in [-0.2, -0.15) is 0 Å². The molecule has 1 aromatic carbocycles. The van der Waals surface area contributed by atoms with Gasteiger partial charge in [0, 0.05) is 25.0 Å². The molecule has 0 bridgehead atoms. The summed E-state index contributed by atoms with van der Waals surface area (Å²) < 4.78 is 7.41. The number of hydrogen-bond donors (Lipinski definition) is 1. The summed E-state index contributed by atoms with van der Waals surface area (Å²) in [6.45, 7) is 3.49. The average molecular weight is 301 g/mol. The summed E-state index contributed by atoms with van der Waals surface area (Å²) in [7, 11) is 1.86. The minimum atomic E-state index is -0.664. The highest BCUT2D eigenvalue weighted by Gasteiger charge is 2.15. The molecule has 0 aliphatic heterocycles. The third-order valence-corrected chi connectivity index (χ3v) is 3.26. The van der Waals surface area contributed by atoms with Crippen molar-refractivity contribution in [2.45, 2.75) is 26.5 Å². The van der Waals surface area contributed by atoms with E-state index in [9.17, 15) is 9.59 Å². The molecule has 1 unspecified atom stereocenters. The lowest BCUT2D eigenvalue weighted by Crippen LogP contribution is -2.36. The molecule has 0 fully saturated rings. The van der Waals surface area contributed by atoms with Gasteiger partial charge in [-0.25, -0.2) is 4.98 Å². The number of ketones is 1. The van der Waals surface area contributed by atoms with Gasteiger partial charge in [0.2, 0.25) is 0 Å². The van der Waals surface area contributed by atoms with Gasteiger partial charge in [0.1, 0.15) is 11.6 Å². The second-order valence-electron chi connectivity index (χ2n) is 5.02. The molecule has 2 aromatic rings. The highest BCUT2D eigenvalue weighted by atomic mass is 16.5. The Hall–Kier alpha value is -2.63. The van der Waals surface area contributed by atoms with E-state index in [0.29, 0.717) is 17.9 Å². The summed E-state index contributed by atoms with van der Waals surface area (Å²) in [6, 6.07) is 6.78. The lowest BCUT2D eigenvalue weighted by atomic mass is 10.1. The SMILES string of the molecule is CC(=O)c1cccc(OC(C)C(=O)NCc2nccn2C)c1. The van der Waals surface area contributed by atoms with Crippen molar-refractivity contribution in [2.24, 2.45) is 7.05 Å². The zero-order valence-corrected chi connectivity index (χ0v) is 12.9. The van der Waals surface area contributed by atoms with Crippen molar-refractivity contribution in [3.63, 3.8) is 0 Å². The predicted octanol–water partition coefficient (Wildman–Crippen LogP) is 1.71. The molecule has 0 radical (unpaired) electrons. The van der Waals surface area contributed by atoms with Crippen LogP contribution in [-0.4, -0.2) is 27.3 Å². The van der Waals surface area contributed by atoms with Gasteiger partial charge in [-0.3, -0.25) is 9.59 Å². The zero-order chi connectivity index (χ0) is 16.1. The Morgan fingerprint density at radius 3 is 2.82 bits per heavy atom. The summed E-state index contributed by atoms with van der Waals surface area (Å²) in [6.07, 6.45) is 2.83. The molecule has 1 amide bonds. The van der Waals surface area contributed by atoms with Gasteiger partial charge in [-0.1, -0.05) is 12.1 Å². The normalized spacial score (nSPS) is 11.8. The van der Waals surface area contributed by atoms with Crippen molar-refractivity contribution in [2.75, 3.05) is 0 Å². The molecule has 0 spiro atoms. The number of imidazole rings is 1. The number of benzene rings is 1. The molecule has 1 N–H and O–H groups in total. The van der Waals surface area contributed by atoms with Crippen LogP contribution in [-0.2, 0) is 18.4 Å². The molecule has 6 heteroatoms. The number of nitrogens with zero attached hydrogens (tertiary/aromatic N) is 2. The number of Topliss-reactive ketones (excluding diaryl/α,β-unsaturated/α-hetero) is 1. The Morgan fingerprint density at radius 2 is 2.18 bits per heavy atom. The molecule has 22 heavy (non-hydrogen) atoms. The van der Waals surface area contributed by atoms with Crippen molar-refractivity contribution in [3.05, 3.63) is 48.0 Å². The van der Waals surface area contributed by atoms with Gasteiger partial charge >= 0.3 is 0 Å². The number of ether oxygens (including phenoxy) is 1. The Bertz CT molecular complexity index is 679. The maximum absolute atomic E-state index is 12.0. The number of rotatable bonds is 6. The molecule has 0 saturated carbocycles. The van der Waals surface area contributed by atoms with E-state index in [0.717, 1.165) is 5.82 Å². The fraction of sp³-hybridized carbons (Fsp3) is 0.312. The fourth-order valence-corrected chi connectivity index (χ4v) is 1.92. The van der Waals surface area contributed by atoms with Gasteiger partial charge in [0.25, 0.3) is 5.91 Å². The van der Waals surface area contributed by atoms with Crippen molar-refractivity contribution >= 4 is 11.7 Å². The first-order chi connectivity index (χ1) is 10.5. The minimum Gasteiger partial charge on any atom is -0.481 e. The molecule has 116 valence electrons. The standard InChI is InChI=1S/C16H19N3O3/c1-11(20)13-5-4-6-14(9-13)22-12(2)16(21)18-10-15-17-7-8-19(15)3/h4-9,12H,10H2,1-3H3,(H,18,21). The third kappa shape index (κ3) is 3.94. The number of aryl methyl sites for hydroxylation is 1. The summed E-state index contributed by atoms with van der Waals surface area (Å²) in [5.74, 6) is 0.972. The van der Waals surface area contributed by atoms with E-state index in [1.165, 1.54) is 6.92 Å². The maximum atomic E-state index is 12.0. The quantitative estimate of drug-likeness (QED) is 0.824. The van der Waals surface area contributed by atoms with Gasteiger partial charge in [0.05, 0.1) is 6.54 Å². The largest absolute Gasteiger partial charge is 0.481 e. The van der Waals surface area contributed by atoms with Gasteiger partial charge in [-0.05, 0) is 26.0 Å². The molecular weight excluding hydrogens is 282 g/mol. The molecule has 1 heterocycles. The Balaban J connectivity index is 1.92. The highest BCUT2D eigenvalue weighted by molar-refractivity contribution is 5.94. The van der Waals surface area contributed by atoms with E-state index in [2.05, 4.69) is 10.3 Å². The number of aromatic nitrogens is 2. The number of amides is 1. The first-order valence-corrected chi connectivity index (χ1v) is 6.99. The van der Waals surface area contributed by atoms with Crippen LogP contribution in [0.1, 0.15) is 30.0 Å². The van der Waals surface area contributed by atoms with Gasteiger partial charge in [-0.15, -0.1) is 0 Å². The van der Waals surface area contributed by atoms with E-state index in [1.807, 2.05) is 17.8 Å². The smallest absolute Gasteiger partial charge is 0.261 e. The van der Waals surface area contributed by atoms with Crippen LogP contribution >= 0.6 is 0 Å². The summed E-state index contributed by atoms with van der Waals surface area (Å²) >= 11 is 0. The number of hydrogen-bond acceptors (Lipinski definition) is 4. The lowest BCUT2D eigenvalue weighted by molar-refractivity contribution is -0.127. The van der Waals surface area contributed by atoms with Crippen LogP contribution in [0.25, 0.3) is 0 Å². The van der Waals surface area contributed by atoms with E-state index >= 15 is 0 Å². The van der Waals surface area contributed by atoms with Crippen LogP contribution < -0.4 is 10.1 Å². The van der Waals surface area contributed by atoms with Crippen molar-refractivity contribution < 1.29 is 14.3 Å². The van der Waals surface area contributed by atoms with Crippen LogP contribution in [0, 0.1) is 0 Å². The Labute approximate surface area is 129 Å². The first-order valence-electron chi connectivity index (χ1n) is 6.99. The molecule has 0 aliphatic carbocycles. The van der Waals surface area contributed by atoms with Crippen molar-refractivity contribution in [3.8, 4) is 5.75 Å². The molecule has 2 rings (SSSR count). The fourth-order valence-electron chi connectivity index (χ4n) is 1.92. The van der Waals surface area contributed by atoms with Gasteiger partial charge < -0.3 is 14.6 Å². The maximum Gasteiger partial charge on any atom is 0.261 e. The summed E-state index contributed by atoms with van der Waals surface area (Å²) in [5.41, 5.74) is 0.554. The van der Waals surface area contributed by atoms with Gasteiger partial charge in [0.15, 0.2) is 11.9 Å². The molecule has 0 saturated heterocycles. The lowest BCUT2D eigenvalue weighted by Gasteiger charge is -2.15. The number of carbonyl (C=O) groups is 2. The summed E-state index contributed by atoms with van der Waals surface area (Å²) in [4.78, 5) is 27.5. The summed E-state index contributed by atoms with van der Waals surface area (Å²) in [5, 5.41) is 2.77. The number of carbonyl (C=O) groups excluding carboxylic acids is 2. The van der Waals surface area contributed by atoms with Crippen LogP contribution in [0.4, 0.5) is 0 Å². The van der Waals surface area contributed by atoms with Crippen LogP contribution in [0.15, 0.2) is 36.7 Å². The first kappa shape index (κ1) is 15.8. The second-order valence-corrected chi connectivity index (χ2v) is 5.02. The molecule has 0 aliphatic rings. The van der Waals surface area contributed by atoms with E-state index < -0.39 is 6.10 Å². The van der Waals surface area contributed by atoms with Crippen LogP contribution in [0.2, 0.25) is 0 Å². The average Bonchev–Trinajstić information content (AvgIpc) is 2.90. The molecule has 1 atom stereocenters. The highest BCUT2D eigenvalue weighted by Crippen LogP contribution is 2.15. The topological polar surface area (TPSA) is 73.2 Å². The molecular formula is C16H19N3O3. The van der Waals surface area contributed by atoms with Crippen LogP contribution in [0.3, 0.4) is 0 Å². The van der Waals surface area contributed by atoms with E-state index in [4.69, 9.17) is 4.74 Å². The molecule has 6 nitrogen and oxygen atoms in total. The Morgan fingerprint density at radius 1 is 1.41 bits per heavy atom. The minimum absolute atomic E-state index is 0.0441. The molecule has 1 aromatic heterocycles. The number of nitrogens with one attached hydrogen (secondary N) is 1. The van der Waals surface area contributed by atoms with Crippen LogP contribution in [0.5, 0.6) is 5.75 Å². The predicted molar refractivity (Wildman–Crippen MR) is 81.6 cm³/mol. The van der Waals surface area contributed by atoms with Crippen molar-refractivity contribution in [1.82, 2.24) is 14.9 Å². The van der Waals surface area contributed by atoms with Crippen molar-refractivity contribution in [1.29, 1.82) is 0 Å². The second kappa shape index (κ2) is 6.89. The zero-order valence-electron chi connectivity index (χ0n) is 12.9. The van der Waals surface area contributed by atoms with E-state index in [-0.39, 0.29) is 11.7 Å². The van der Waals surface area contributed by atoms with E-state index in [1.54, 1.807) is 37.4 Å².